The molecule has 0 radical (unpaired) electrons. The van der Waals surface area contributed by atoms with E-state index in [9.17, 15) is 0 Å². The van der Waals surface area contributed by atoms with Crippen LogP contribution in [0.25, 0.3) is 0 Å². The van der Waals surface area contributed by atoms with E-state index in [1.807, 2.05) is 6.20 Å². The van der Waals surface area contributed by atoms with Gasteiger partial charge in [-0.1, -0.05) is 13.8 Å². The molecule has 2 rings (SSSR count). The van der Waals surface area contributed by atoms with Gasteiger partial charge in [0.15, 0.2) is 0 Å². The summed E-state index contributed by atoms with van der Waals surface area (Å²) in [5, 5.41) is 3.42. The molecule has 17 heavy (non-hydrogen) atoms. The highest BCUT2D eigenvalue weighted by Crippen LogP contribution is 2.40. The van der Waals surface area contributed by atoms with E-state index in [0.29, 0.717) is 17.5 Å². The molecule has 0 saturated heterocycles. The van der Waals surface area contributed by atoms with Crippen molar-refractivity contribution < 1.29 is 0 Å². The van der Waals surface area contributed by atoms with E-state index in [0.717, 1.165) is 5.95 Å². The van der Waals surface area contributed by atoms with Crippen LogP contribution < -0.4 is 5.32 Å². The lowest BCUT2D eigenvalue weighted by atomic mass is 9.75. The third-order valence-corrected chi connectivity index (χ3v) is 3.79. The Labute approximate surface area is 105 Å². The molecule has 1 aliphatic carbocycles. The summed E-state index contributed by atoms with van der Waals surface area (Å²) >= 11 is 0. The van der Waals surface area contributed by atoms with Crippen molar-refractivity contribution in [2.24, 2.45) is 5.41 Å². The smallest absolute Gasteiger partial charge is 0.203 e. The van der Waals surface area contributed by atoms with Gasteiger partial charge in [0.25, 0.3) is 0 Å². The fraction of sp³-hybridized carbons (Fsp3) is 0.786. The molecule has 0 atom stereocenters. The Morgan fingerprint density at radius 2 is 2.00 bits per heavy atom. The number of hydrogen-bond donors (Lipinski definition) is 1. The first-order valence-corrected chi connectivity index (χ1v) is 6.77. The highest BCUT2D eigenvalue weighted by atomic mass is 15.2. The van der Waals surface area contributed by atoms with Crippen LogP contribution in [0.2, 0.25) is 0 Å². The van der Waals surface area contributed by atoms with Crippen molar-refractivity contribution in [3.05, 3.63) is 12.4 Å². The summed E-state index contributed by atoms with van der Waals surface area (Å²) in [7, 11) is 0. The van der Waals surface area contributed by atoms with Gasteiger partial charge in [0.1, 0.15) is 0 Å². The number of hydrogen-bond acceptors (Lipinski definition) is 2. The summed E-state index contributed by atoms with van der Waals surface area (Å²) in [5.41, 5.74) is 0.530. The van der Waals surface area contributed by atoms with Crippen molar-refractivity contribution in [1.29, 1.82) is 0 Å². The Bertz CT molecular complexity index is 355. The normalized spacial score (nSPS) is 20.8. The molecule has 1 N–H and O–H groups in total. The molecule has 0 amide bonds. The lowest BCUT2D eigenvalue weighted by molar-refractivity contribution is 0.194. The van der Waals surface area contributed by atoms with Crippen LogP contribution in [0.15, 0.2) is 12.4 Å². The first kappa shape index (κ1) is 12.5. The van der Waals surface area contributed by atoms with E-state index < -0.39 is 0 Å². The number of anilines is 1. The first-order chi connectivity index (χ1) is 7.98. The van der Waals surface area contributed by atoms with E-state index in [1.165, 1.54) is 25.7 Å². The van der Waals surface area contributed by atoms with Crippen molar-refractivity contribution in [3.8, 4) is 0 Å². The Kier molecular flexibility index (Phi) is 3.45. The second kappa shape index (κ2) is 4.71. The zero-order valence-electron chi connectivity index (χ0n) is 11.5. The fourth-order valence-corrected chi connectivity index (χ4v) is 2.64. The molecule has 0 spiro atoms. The Morgan fingerprint density at radius 1 is 1.35 bits per heavy atom. The van der Waals surface area contributed by atoms with Crippen LogP contribution in [-0.2, 0) is 0 Å². The van der Waals surface area contributed by atoms with Crippen LogP contribution in [0.4, 0.5) is 5.95 Å². The summed E-state index contributed by atoms with van der Waals surface area (Å²) in [6, 6.07) is 1.07. The van der Waals surface area contributed by atoms with Gasteiger partial charge >= 0.3 is 0 Å². The average Bonchev–Trinajstić information content (AvgIpc) is 2.65. The monoisotopic (exact) mass is 235 g/mol. The lowest BCUT2D eigenvalue weighted by Crippen LogP contribution is -2.25. The van der Waals surface area contributed by atoms with Crippen LogP contribution in [-0.4, -0.2) is 15.6 Å². The topological polar surface area (TPSA) is 29.9 Å². The number of rotatable bonds is 3. The van der Waals surface area contributed by atoms with Gasteiger partial charge in [-0.05, 0) is 44.9 Å². The van der Waals surface area contributed by atoms with Gasteiger partial charge in [0.05, 0.1) is 0 Å². The summed E-state index contributed by atoms with van der Waals surface area (Å²) in [5.74, 6) is 1.03. The van der Waals surface area contributed by atoms with E-state index in [2.05, 4.69) is 48.8 Å². The molecule has 1 aromatic rings. The van der Waals surface area contributed by atoms with Gasteiger partial charge < -0.3 is 9.88 Å². The fourth-order valence-electron chi connectivity index (χ4n) is 2.64. The van der Waals surface area contributed by atoms with E-state index in [-0.39, 0.29) is 0 Å². The highest BCUT2D eigenvalue weighted by molar-refractivity contribution is 5.27. The number of imidazole rings is 1. The molecule has 1 aromatic heterocycles. The molecular formula is C14H25N3. The van der Waals surface area contributed by atoms with E-state index in [4.69, 9.17) is 0 Å². The molecular weight excluding hydrogens is 210 g/mol. The summed E-state index contributed by atoms with van der Waals surface area (Å²) < 4.78 is 2.33. The van der Waals surface area contributed by atoms with Crippen LogP contribution >= 0.6 is 0 Å². The summed E-state index contributed by atoms with van der Waals surface area (Å²) in [6.45, 7) is 9.07. The molecule has 1 saturated carbocycles. The number of aromatic nitrogens is 2. The summed E-state index contributed by atoms with van der Waals surface area (Å²) in [4.78, 5) is 4.42. The molecule has 0 aromatic carbocycles. The molecule has 0 aliphatic heterocycles. The van der Waals surface area contributed by atoms with Gasteiger partial charge in [0, 0.05) is 24.5 Å². The minimum atomic E-state index is 0.441. The van der Waals surface area contributed by atoms with Crippen molar-refractivity contribution >= 4 is 5.95 Å². The molecule has 0 unspecified atom stereocenters. The van der Waals surface area contributed by atoms with Gasteiger partial charge in [-0.15, -0.1) is 0 Å². The predicted molar refractivity (Wildman–Crippen MR) is 72.3 cm³/mol. The minimum absolute atomic E-state index is 0.441. The minimum Gasteiger partial charge on any atom is -0.353 e. The van der Waals surface area contributed by atoms with Crippen molar-refractivity contribution in [1.82, 2.24) is 9.55 Å². The molecule has 0 bridgehead atoms. The van der Waals surface area contributed by atoms with Crippen LogP contribution in [0, 0.1) is 5.41 Å². The average molecular weight is 235 g/mol. The van der Waals surface area contributed by atoms with Gasteiger partial charge in [-0.3, -0.25) is 0 Å². The van der Waals surface area contributed by atoms with E-state index >= 15 is 0 Å². The highest BCUT2D eigenvalue weighted by Gasteiger charge is 2.28. The Balaban J connectivity index is 2.05. The Morgan fingerprint density at radius 3 is 2.59 bits per heavy atom. The first-order valence-electron chi connectivity index (χ1n) is 6.77. The summed E-state index contributed by atoms with van der Waals surface area (Å²) in [6.07, 6.45) is 9.21. The van der Waals surface area contributed by atoms with Crippen LogP contribution in [0.1, 0.15) is 59.4 Å². The second-order valence-electron chi connectivity index (χ2n) is 6.35. The molecule has 1 heterocycles. The predicted octanol–water partition coefficient (Wildman–Crippen LogP) is 3.84. The van der Waals surface area contributed by atoms with Gasteiger partial charge in [-0.2, -0.15) is 0 Å². The standard InChI is InChI=1S/C14H25N3/c1-11(2)16-13-15-9-10-17(13)12-5-7-14(3,4)8-6-12/h9-12H,5-8H2,1-4H3,(H,15,16). The third kappa shape index (κ3) is 3.02. The zero-order valence-corrected chi connectivity index (χ0v) is 11.5. The maximum atomic E-state index is 4.42. The lowest BCUT2D eigenvalue weighted by Gasteiger charge is -2.35. The Hall–Kier alpha value is -0.990. The molecule has 1 fully saturated rings. The molecule has 96 valence electrons. The van der Waals surface area contributed by atoms with Crippen LogP contribution in [0.3, 0.4) is 0 Å². The van der Waals surface area contributed by atoms with Crippen molar-refractivity contribution in [3.63, 3.8) is 0 Å². The van der Waals surface area contributed by atoms with Gasteiger partial charge in [0.2, 0.25) is 5.95 Å². The van der Waals surface area contributed by atoms with Crippen LogP contribution in [0.5, 0.6) is 0 Å². The molecule has 1 aliphatic rings. The molecule has 3 nitrogen and oxygen atoms in total. The second-order valence-corrected chi connectivity index (χ2v) is 6.35. The van der Waals surface area contributed by atoms with Gasteiger partial charge in [-0.25, -0.2) is 4.98 Å². The number of nitrogens with zero attached hydrogens (tertiary/aromatic N) is 2. The quantitative estimate of drug-likeness (QED) is 0.862. The molecule has 3 heteroatoms. The zero-order chi connectivity index (χ0) is 12.5. The number of nitrogens with one attached hydrogen (secondary N) is 1. The van der Waals surface area contributed by atoms with E-state index in [1.54, 1.807) is 0 Å². The van der Waals surface area contributed by atoms with Crippen molar-refractivity contribution in [2.45, 2.75) is 65.5 Å². The van der Waals surface area contributed by atoms with Crippen molar-refractivity contribution in [2.75, 3.05) is 5.32 Å². The maximum absolute atomic E-state index is 4.42. The largest absolute Gasteiger partial charge is 0.353 e. The SMILES string of the molecule is CC(C)Nc1nccn1C1CCC(C)(C)CC1. The third-order valence-electron chi connectivity index (χ3n) is 3.79. The maximum Gasteiger partial charge on any atom is 0.203 e.